The highest BCUT2D eigenvalue weighted by Crippen LogP contribution is 2.36. The minimum atomic E-state index is -0.968. The Morgan fingerprint density at radius 2 is 1.64 bits per heavy atom. The number of benzene rings is 2. The van der Waals surface area contributed by atoms with Gasteiger partial charge in [-0.15, -0.1) is 0 Å². The Hall–Kier alpha value is -2.59. The third kappa shape index (κ3) is 2.49. The average Bonchev–Trinajstić information content (AvgIpc) is 2.84. The molecule has 1 fully saturated rings. The van der Waals surface area contributed by atoms with Gasteiger partial charge in [0.25, 0.3) is 5.78 Å². The molecule has 1 saturated heterocycles. The van der Waals surface area contributed by atoms with Crippen LogP contribution < -0.4 is 0 Å². The van der Waals surface area contributed by atoms with Gasteiger partial charge in [0.1, 0.15) is 5.76 Å². The summed E-state index contributed by atoms with van der Waals surface area (Å²) in [6.45, 7) is 0. The van der Waals surface area contributed by atoms with Crippen molar-refractivity contribution in [2.24, 2.45) is 0 Å². The van der Waals surface area contributed by atoms with E-state index in [0.717, 1.165) is 0 Å². The van der Waals surface area contributed by atoms with Gasteiger partial charge in [-0.3, -0.25) is 4.79 Å². The monoisotopic (exact) mass is 314 g/mol. The van der Waals surface area contributed by atoms with Crippen molar-refractivity contribution in [2.45, 2.75) is 6.10 Å². The Kier molecular flexibility index (Phi) is 3.69. The van der Waals surface area contributed by atoms with E-state index in [-0.39, 0.29) is 11.3 Å². The minimum Gasteiger partial charge on any atom is -0.507 e. The molecular weight excluding hydrogens is 304 g/mol. The minimum absolute atomic E-state index is 0.0569. The third-order valence-corrected chi connectivity index (χ3v) is 3.64. The van der Waals surface area contributed by atoms with Gasteiger partial charge in [-0.25, -0.2) is 4.79 Å². The number of cyclic esters (lactones) is 1. The predicted octanol–water partition coefficient (Wildman–Crippen LogP) is 3.48. The zero-order valence-electron chi connectivity index (χ0n) is 11.3. The van der Waals surface area contributed by atoms with Gasteiger partial charge < -0.3 is 9.84 Å². The van der Waals surface area contributed by atoms with E-state index >= 15 is 0 Å². The van der Waals surface area contributed by atoms with Crippen LogP contribution in [0, 0.1) is 0 Å². The maximum Gasteiger partial charge on any atom is 0.380 e. The third-order valence-electron chi connectivity index (χ3n) is 3.39. The number of Topliss-reactive ketones (excluding diaryl/α,β-unsaturated/α-hetero) is 1. The van der Waals surface area contributed by atoms with Crippen molar-refractivity contribution >= 4 is 29.1 Å². The van der Waals surface area contributed by atoms with Crippen molar-refractivity contribution in [1.82, 2.24) is 0 Å². The number of ether oxygens (including phenoxy) is 1. The molecule has 1 atom stereocenters. The van der Waals surface area contributed by atoms with E-state index in [2.05, 4.69) is 0 Å². The van der Waals surface area contributed by atoms with E-state index in [0.29, 0.717) is 16.1 Å². The maximum absolute atomic E-state index is 12.1. The molecule has 2 aromatic rings. The van der Waals surface area contributed by atoms with E-state index in [9.17, 15) is 14.7 Å². The normalized spacial score (nSPS) is 20.0. The molecule has 3 rings (SSSR count). The summed E-state index contributed by atoms with van der Waals surface area (Å²) in [4.78, 5) is 23.7. The van der Waals surface area contributed by atoms with Gasteiger partial charge in [0, 0.05) is 10.6 Å². The van der Waals surface area contributed by atoms with E-state index < -0.39 is 17.9 Å². The van der Waals surface area contributed by atoms with Crippen LogP contribution in [-0.4, -0.2) is 16.9 Å². The van der Waals surface area contributed by atoms with Gasteiger partial charge in [-0.1, -0.05) is 41.9 Å². The predicted molar refractivity (Wildman–Crippen MR) is 81.3 cm³/mol. The van der Waals surface area contributed by atoms with E-state index in [1.807, 2.05) is 6.07 Å². The van der Waals surface area contributed by atoms with Gasteiger partial charge in [0.2, 0.25) is 0 Å². The molecule has 0 aromatic heterocycles. The molecule has 110 valence electrons. The highest BCUT2D eigenvalue weighted by atomic mass is 35.5. The fourth-order valence-electron chi connectivity index (χ4n) is 2.31. The highest BCUT2D eigenvalue weighted by molar-refractivity contribution is 6.44. The van der Waals surface area contributed by atoms with Crippen LogP contribution in [0.3, 0.4) is 0 Å². The summed E-state index contributed by atoms with van der Waals surface area (Å²) >= 11 is 5.81. The molecule has 1 heterocycles. The lowest BCUT2D eigenvalue weighted by Crippen LogP contribution is -2.08. The van der Waals surface area contributed by atoms with Gasteiger partial charge in [0.05, 0.1) is 5.57 Å². The zero-order valence-corrected chi connectivity index (χ0v) is 12.1. The molecular formula is C17H11ClO4. The Morgan fingerprint density at radius 1 is 1.00 bits per heavy atom. The summed E-state index contributed by atoms with van der Waals surface area (Å²) in [5.74, 6) is -2.08. The fraction of sp³-hybridized carbons (Fsp3) is 0.0588. The first-order valence-corrected chi connectivity index (χ1v) is 6.95. The van der Waals surface area contributed by atoms with Crippen molar-refractivity contribution in [3.8, 4) is 0 Å². The molecule has 5 heteroatoms. The molecule has 1 N–H and O–H groups in total. The number of ketones is 1. The van der Waals surface area contributed by atoms with Crippen LogP contribution in [-0.2, 0) is 14.3 Å². The van der Waals surface area contributed by atoms with Crippen LogP contribution in [0.25, 0.3) is 5.76 Å². The Labute approximate surface area is 131 Å². The molecule has 0 spiro atoms. The van der Waals surface area contributed by atoms with Gasteiger partial charge in [-0.05, 0) is 29.8 Å². The van der Waals surface area contributed by atoms with Crippen LogP contribution in [0.5, 0.6) is 0 Å². The molecule has 1 aliphatic rings. The van der Waals surface area contributed by atoms with Crippen molar-refractivity contribution in [3.63, 3.8) is 0 Å². The second-order valence-corrected chi connectivity index (χ2v) is 5.23. The van der Waals surface area contributed by atoms with Crippen LogP contribution in [0.4, 0.5) is 0 Å². The van der Waals surface area contributed by atoms with Crippen LogP contribution in [0.15, 0.2) is 60.2 Å². The Bertz CT molecular complexity index is 763. The number of halogens is 1. The van der Waals surface area contributed by atoms with Crippen molar-refractivity contribution in [3.05, 3.63) is 76.3 Å². The molecule has 0 amide bonds. The number of carbonyl (C=O) groups is 2. The molecule has 0 unspecified atom stereocenters. The maximum atomic E-state index is 12.1. The summed E-state index contributed by atoms with van der Waals surface area (Å²) in [5.41, 5.74) is 0.961. The molecule has 0 radical (unpaired) electrons. The summed E-state index contributed by atoms with van der Waals surface area (Å²) < 4.78 is 5.11. The Balaban J connectivity index is 2.11. The molecule has 2 aromatic carbocycles. The molecule has 0 aliphatic carbocycles. The topological polar surface area (TPSA) is 63.6 Å². The first kappa shape index (κ1) is 14.4. The van der Waals surface area contributed by atoms with Crippen LogP contribution in [0.2, 0.25) is 5.02 Å². The molecule has 0 saturated carbocycles. The van der Waals surface area contributed by atoms with Gasteiger partial charge >= 0.3 is 5.97 Å². The van der Waals surface area contributed by atoms with Crippen LogP contribution >= 0.6 is 11.6 Å². The lowest BCUT2D eigenvalue weighted by atomic mass is 9.97. The molecule has 4 nitrogen and oxygen atoms in total. The smallest absolute Gasteiger partial charge is 0.380 e. The number of rotatable bonds is 2. The number of hydrogen-bond acceptors (Lipinski definition) is 4. The summed E-state index contributed by atoms with van der Waals surface area (Å²) in [6.07, 6.45) is -0.906. The lowest BCUT2D eigenvalue weighted by molar-refractivity contribution is -0.149. The number of aliphatic hydroxyl groups excluding tert-OH is 1. The van der Waals surface area contributed by atoms with E-state index in [1.165, 1.54) is 0 Å². The molecule has 1 aliphatic heterocycles. The van der Waals surface area contributed by atoms with Gasteiger partial charge in [0.15, 0.2) is 6.10 Å². The molecule has 22 heavy (non-hydrogen) atoms. The number of aliphatic hydroxyl groups is 1. The standard InChI is InChI=1S/C17H11ClO4/c18-12-8-6-10(7-9-12)14(19)13-15(20)17(21)22-16(13)11-4-2-1-3-5-11/h1-9,16,19H/b14-13-/t16-/m0/s1. The Morgan fingerprint density at radius 3 is 2.27 bits per heavy atom. The number of carbonyl (C=O) groups excluding carboxylic acids is 2. The SMILES string of the molecule is O=C1O[C@@H](c2ccccc2)/C(=C(\O)c2ccc(Cl)cc2)C1=O. The summed E-state index contributed by atoms with van der Waals surface area (Å²) in [6, 6.07) is 15.1. The highest BCUT2D eigenvalue weighted by Gasteiger charge is 2.42. The van der Waals surface area contributed by atoms with Crippen molar-refractivity contribution in [2.75, 3.05) is 0 Å². The average molecular weight is 315 g/mol. The quantitative estimate of drug-likeness (QED) is 0.399. The van der Waals surface area contributed by atoms with Crippen LogP contribution in [0.1, 0.15) is 17.2 Å². The largest absolute Gasteiger partial charge is 0.507 e. The van der Waals surface area contributed by atoms with Crippen molar-refractivity contribution in [1.29, 1.82) is 0 Å². The lowest BCUT2D eigenvalue weighted by Gasteiger charge is -2.12. The fourth-order valence-corrected chi connectivity index (χ4v) is 2.43. The zero-order chi connectivity index (χ0) is 15.7. The first-order valence-electron chi connectivity index (χ1n) is 6.57. The summed E-state index contributed by atoms with van der Waals surface area (Å²) in [5, 5.41) is 10.9. The number of esters is 1. The number of hydrogen-bond donors (Lipinski definition) is 1. The second-order valence-electron chi connectivity index (χ2n) is 4.79. The summed E-state index contributed by atoms with van der Waals surface area (Å²) in [7, 11) is 0. The first-order chi connectivity index (χ1) is 10.6. The second kappa shape index (κ2) is 5.66. The van der Waals surface area contributed by atoms with E-state index in [1.54, 1.807) is 48.5 Å². The van der Waals surface area contributed by atoms with Gasteiger partial charge in [-0.2, -0.15) is 0 Å². The van der Waals surface area contributed by atoms with Crippen molar-refractivity contribution < 1.29 is 19.4 Å². The van der Waals surface area contributed by atoms with E-state index in [4.69, 9.17) is 16.3 Å². The molecule has 0 bridgehead atoms.